The number of allylic oxidation sites excluding steroid dienone is 5. The van der Waals surface area contributed by atoms with Gasteiger partial charge in [-0.05, 0) is 130 Å². The molecule has 0 bridgehead atoms. The molecule has 0 saturated heterocycles. The van der Waals surface area contributed by atoms with Gasteiger partial charge in [-0.1, -0.05) is 129 Å². The first-order valence-electron chi connectivity index (χ1n) is 20.9. The third kappa shape index (κ3) is 10.6. The van der Waals surface area contributed by atoms with Crippen LogP contribution in [0.25, 0.3) is 0 Å². The molecule has 0 aromatic carbocycles. The molecule has 0 aromatic heterocycles. The lowest BCUT2D eigenvalue weighted by atomic mass is 9.47. The molecule has 4 aliphatic rings. The number of ether oxygens (including phenoxy) is 1. The summed E-state index contributed by atoms with van der Waals surface area (Å²) < 4.78 is 6.12. The number of esters is 1. The average Bonchev–Trinajstić information content (AvgIpc) is 3.40. The van der Waals surface area contributed by atoms with E-state index in [-0.39, 0.29) is 12.1 Å². The molecule has 0 heterocycles. The molecule has 47 heavy (non-hydrogen) atoms. The summed E-state index contributed by atoms with van der Waals surface area (Å²) in [5, 5.41) is 0. The molecule has 2 heteroatoms. The van der Waals surface area contributed by atoms with Crippen LogP contribution in [-0.4, -0.2) is 12.1 Å². The largest absolute Gasteiger partial charge is 0.462 e. The van der Waals surface area contributed by atoms with Crippen molar-refractivity contribution in [1.82, 2.24) is 0 Å². The first-order chi connectivity index (χ1) is 22.7. The molecule has 0 aliphatic heterocycles. The molecule has 4 rings (SSSR count). The molecular formula is C45H76O2. The smallest absolute Gasteiger partial charge is 0.306 e. The molecule has 0 spiro atoms. The maximum Gasteiger partial charge on any atom is 0.306 e. The first kappa shape index (κ1) is 38.5. The van der Waals surface area contributed by atoms with Gasteiger partial charge in [0.05, 0.1) is 0 Å². The van der Waals surface area contributed by atoms with Gasteiger partial charge in [0.2, 0.25) is 0 Å². The van der Waals surface area contributed by atoms with Crippen LogP contribution in [0, 0.1) is 46.3 Å². The highest BCUT2D eigenvalue weighted by atomic mass is 16.5. The second-order valence-electron chi connectivity index (χ2n) is 17.6. The van der Waals surface area contributed by atoms with Gasteiger partial charge in [-0.2, -0.15) is 0 Å². The summed E-state index contributed by atoms with van der Waals surface area (Å²) in [6, 6.07) is 0. The van der Waals surface area contributed by atoms with Crippen LogP contribution in [0.3, 0.4) is 0 Å². The molecule has 3 fully saturated rings. The fourth-order valence-corrected chi connectivity index (χ4v) is 11.1. The van der Waals surface area contributed by atoms with Gasteiger partial charge in [0.1, 0.15) is 6.10 Å². The van der Waals surface area contributed by atoms with Gasteiger partial charge in [-0.15, -0.1) is 0 Å². The Morgan fingerprint density at radius 2 is 1.55 bits per heavy atom. The van der Waals surface area contributed by atoms with E-state index in [1.165, 1.54) is 109 Å². The summed E-state index contributed by atoms with van der Waals surface area (Å²) in [5.74, 6) is 5.30. The topological polar surface area (TPSA) is 26.3 Å². The van der Waals surface area contributed by atoms with E-state index >= 15 is 0 Å². The Morgan fingerprint density at radius 1 is 0.830 bits per heavy atom. The third-order valence-corrected chi connectivity index (χ3v) is 13.9. The molecule has 268 valence electrons. The fraction of sp³-hybridized carbons (Fsp3) is 0.844. The lowest BCUT2D eigenvalue weighted by molar-refractivity contribution is -0.151. The van der Waals surface area contributed by atoms with Crippen molar-refractivity contribution in [3.05, 3.63) is 36.0 Å². The summed E-state index contributed by atoms with van der Waals surface area (Å²) in [6.07, 6.45) is 40.5. The summed E-state index contributed by atoms with van der Waals surface area (Å²) in [7, 11) is 0. The molecule has 0 amide bonds. The van der Waals surface area contributed by atoms with E-state index in [0.29, 0.717) is 17.3 Å². The van der Waals surface area contributed by atoms with Crippen LogP contribution in [0.2, 0.25) is 0 Å². The van der Waals surface area contributed by atoms with Crippen molar-refractivity contribution in [2.24, 2.45) is 46.3 Å². The minimum absolute atomic E-state index is 0.0477. The van der Waals surface area contributed by atoms with Crippen molar-refractivity contribution >= 4 is 5.97 Å². The van der Waals surface area contributed by atoms with E-state index in [9.17, 15) is 4.79 Å². The highest BCUT2D eigenvalue weighted by Gasteiger charge is 2.59. The lowest BCUT2D eigenvalue weighted by Crippen LogP contribution is -2.51. The molecule has 2 nitrogen and oxygen atoms in total. The third-order valence-electron chi connectivity index (χ3n) is 13.9. The van der Waals surface area contributed by atoms with Crippen molar-refractivity contribution in [3.63, 3.8) is 0 Å². The van der Waals surface area contributed by atoms with Gasteiger partial charge in [0, 0.05) is 12.8 Å². The number of hydrogen-bond donors (Lipinski definition) is 0. The van der Waals surface area contributed by atoms with Crippen molar-refractivity contribution < 1.29 is 9.53 Å². The maximum atomic E-state index is 12.8. The fourth-order valence-electron chi connectivity index (χ4n) is 11.1. The summed E-state index contributed by atoms with van der Waals surface area (Å²) in [5.41, 5.74) is 2.52. The number of hydrogen-bond acceptors (Lipinski definition) is 2. The van der Waals surface area contributed by atoms with E-state index in [1.54, 1.807) is 5.57 Å². The van der Waals surface area contributed by atoms with E-state index in [2.05, 4.69) is 71.9 Å². The van der Waals surface area contributed by atoms with Gasteiger partial charge >= 0.3 is 5.97 Å². The average molecular weight is 649 g/mol. The molecule has 8 atom stereocenters. The standard InChI is InChI=1S/C45H76O2/c1-7-8-9-10-11-12-13-14-15-16-17-18-19-20-21-25-43(46)47-38-30-32-44(5)37(34-38)26-27-39-41-29-28-40(36(4)24-22-23-35(2)3)45(41,6)33-31-42(39)44/h11-12,14-15,26,35-36,38-42H,7-10,13,16-25,27-34H2,1-6H3/b12-11-,15-14-/t36-,38+,39?,40?,41?,42?,44+,45-/m1/s1. The van der Waals surface area contributed by atoms with E-state index < -0.39 is 0 Å². The zero-order valence-corrected chi connectivity index (χ0v) is 32.0. The maximum absolute atomic E-state index is 12.8. The van der Waals surface area contributed by atoms with Gasteiger partial charge in [0.25, 0.3) is 0 Å². The predicted octanol–water partition coefficient (Wildman–Crippen LogP) is 13.8. The van der Waals surface area contributed by atoms with Crippen LogP contribution in [0.1, 0.15) is 189 Å². The van der Waals surface area contributed by atoms with Crippen LogP contribution < -0.4 is 0 Å². The van der Waals surface area contributed by atoms with Gasteiger partial charge < -0.3 is 4.74 Å². The van der Waals surface area contributed by atoms with Crippen LogP contribution >= 0.6 is 0 Å². The van der Waals surface area contributed by atoms with Crippen LogP contribution in [0.4, 0.5) is 0 Å². The van der Waals surface area contributed by atoms with Crippen LogP contribution in [0.15, 0.2) is 36.0 Å². The van der Waals surface area contributed by atoms with Crippen molar-refractivity contribution in [2.45, 2.75) is 195 Å². The van der Waals surface area contributed by atoms with Crippen LogP contribution in [0.5, 0.6) is 0 Å². The number of carbonyl (C=O) groups is 1. The highest BCUT2D eigenvalue weighted by molar-refractivity contribution is 5.69. The lowest BCUT2D eigenvalue weighted by Gasteiger charge is -2.58. The quantitative estimate of drug-likeness (QED) is 0.0746. The monoisotopic (exact) mass is 649 g/mol. The molecule has 4 unspecified atom stereocenters. The summed E-state index contributed by atoms with van der Waals surface area (Å²) >= 11 is 0. The molecule has 4 aliphatic carbocycles. The minimum Gasteiger partial charge on any atom is -0.462 e. The molecular weight excluding hydrogens is 572 g/mol. The normalized spacial score (nSPS) is 32.7. The Kier molecular flexibility index (Phi) is 15.7. The van der Waals surface area contributed by atoms with E-state index in [0.717, 1.165) is 67.6 Å². The van der Waals surface area contributed by atoms with E-state index in [4.69, 9.17) is 4.74 Å². The van der Waals surface area contributed by atoms with Crippen molar-refractivity contribution in [1.29, 1.82) is 0 Å². The highest BCUT2D eigenvalue weighted by Crippen LogP contribution is 2.67. The van der Waals surface area contributed by atoms with Crippen LogP contribution in [-0.2, 0) is 9.53 Å². The van der Waals surface area contributed by atoms with Crippen molar-refractivity contribution in [3.8, 4) is 0 Å². The zero-order valence-electron chi connectivity index (χ0n) is 32.0. The predicted molar refractivity (Wildman–Crippen MR) is 202 cm³/mol. The van der Waals surface area contributed by atoms with Gasteiger partial charge in [0.15, 0.2) is 0 Å². The van der Waals surface area contributed by atoms with E-state index in [1.807, 2.05) is 0 Å². The SMILES string of the molecule is CCCCC/C=C\C/C=C\CCCCCCCC(=O)O[C@H]1CC[C@@]2(C)C(=CCC3C4CCC([C@H](C)CCCC(C)C)[C@@]4(C)CCC32)C1. The number of carbonyl (C=O) groups excluding carboxylic acids is 1. The molecule has 0 radical (unpaired) electrons. The summed E-state index contributed by atoms with van der Waals surface area (Å²) in [6.45, 7) is 14.9. The van der Waals surface area contributed by atoms with Gasteiger partial charge in [-0.25, -0.2) is 0 Å². The van der Waals surface area contributed by atoms with Gasteiger partial charge in [-0.3, -0.25) is 4.79 Å². The molecule has 3 saturated carbocycles. The Bertz CT molecular complexity index is 1020. The zero-order chi connectivity index (χ0) is 33.7. The Hall–Kier alpha value is -1.31. The molecule has 0 N–H and O–H groups in total. The number of rotatable bonds is 20. The summed E-state index contributed by atoms with van der Waals surface area (Å²) in [4.78, 5) is 12.8. The molecule has 0 aromatic rings. The Morgan fingerprint density at radius 3 is 2.30 bits per heavy atom. The number of unbranched alkanes of at least 4 members (excludes halogenated alkanes) is 8. The second kappa shape index (κ2) is 19.2. The minimum atomic E-state index is 0.0477. The Balaban J connectivity index is 1.13. The second-order valence-corrected chi connectivity index (χ2v) is 17.6. The number of fused-ring (bicyclic) bond motifs is 5. The van der Waals surface area contributed by atoms with Crippen molar-refractivity contribution in [2.75, 3.05) is 0 Å². The Labute approximate surface area is 292 Å². The first-order valence-corrected chi connectivity index (χ1v) is 20.9.